The molecule has 0 aromatic heterocycles. The predicted molar refractivity (Wildman–Crippen MR) is 65.5 cm³/mol. The molecule has 1 saturated heterocycles. The Labute approximate surface area is 106 Å². The van der Waals surface area contributed by atoms with Gasteiger partial charge in [0.1, 0.15) is 5.82 Å². The van der Waals surface area contributed by atoms with Crippen LogP contribution in [-0.2, 0) is 15.9 Å². The zero-order valence-electron chi connectivity index (χ0n) is 10.4. The van der Waals surface area contributed by atoms with Gasteiger partial charge in [-0.15, -0.1) is 0 Å². The number of fused-ring (bicyclic) bond motifs is 2. The van der Waals surface area contributed by atoms with E-state index >= 15 is 0 Å². The molecule has 1 fully saturated rings. The number of aliphatic hydroxyl groups excluding tert-OH is 1. The number of aliphatic hydroxyl groups is 1. The second kappa shape index (κ2) is 4.03. The van der Waals surface area contributed by atoms with Gasteiger partial charge in [0.15, 0.2) is 0 Å². The minimum atomic E-state index is -1.64. The quantitative estimate of drug-likeness (QED) is 0.752. The predicted octanol–water partition coefficient (Wildman–Crippen LogP) is -0.0291. The molecule has 2 heterocycles. The molecule has 1 N–H and O–H groups in total. The zero-order valence-corrected chi connectivity index (χ0v) is 10.4. The van der Waals surface area contributed by atoms with Crippen LogP contribution in [0.4, 0.5) is 4.39 Å². The van der Waals surface area contributed by atoms with Crippen molar-refractivity contribution in [2.75, 3.05) is 33.4 Å². The van der Waals surface area contributed by atoms with Crippen LogP contribution < -0.4 is 5.46 Å². The van der Waals surface area contributed by atoms with Gasteiger partial charge < -0.3 is 18.8 Å². The summed E-state index contributed by atoms with van der Waals surface area (Å²) in [6.07, 6.45) is 0. The summed E-state index contributed by atoms with van der Waals surface area (Å²) in [5.41, 5.74) is 1.81. The summed E-state index contributed by atoms with van der Waals surface area (Å²) in [6.45, 7) is 0.818. The third-order valence-corrected chi connectivity index (χ3v) is 4.34. The molecular formula is C12H17BFNO3. The lowest BCUT2D eigenvalue weighted by molar-refractivity contribution is -0.813. The van der Waals surface area contributed by atoms with Gasteiger partial charge in [0.2, 0.25) is 0 Å². The molecule has 3 rings (SSSR count). The second-order valence-corrected chi connectivity index (χ2v) is 5.35. The molecule has 2 unspecified atom stereocenters. The Bertz CT molecular complexity index is 486. The zero-order chi connectivity index (χ0) is 12.8. The minimum absolute atomic E-state index is 0.0866. The van der Waals surface area contributed by atoms with Crippen LogP contribution in [-0.4, -0.2) is 49.5 Å². The highest BCUT2D eigenvalue weighted by Crippen LogP contribution is 2.33. The average Bonchev–Trinajstić information content (AvgIpc) is 2.84. The molecule has 0 amide bonds. The van der Waals surface area contributed by atoms with Gasteiger partial charge in [-0.25, -0.2) is 4.39 Å². The maximum Gasteiger partial charge on any atom is 0.503 e. The van der Waals surface area contributed by atoms with Gasteiger partial charge in [0.05, 0.1) is 26.3 Å². The van der Waals surface area contributed by atoms with Crippen LogP contribution in [0.15, 0.2) is 18.2 Å². The molecule has 2 aliphatic rings. The van der Waals surface area contributed by atoms with E-state index in [0.717, 1.165) is 17.6 Å². The molecule has 1 spiro atoms. The van der Waals surface area contributed by atoms with E-state index in [9.17, 15) is 9.50 Å². The van der Waals surface area contributed by atoms with Gasteiger partial charge in [-0.3, -0.25) is 0 Å². The first-order valence-electron chi connectivity index (χ1n) is 6.27. The maximum atomic E-state index is 13.2. The minimum Gasteiger partial charge on any atom is -0.506 e. The topological polar surface area (TPSA) is 38.7 Å². The number of halogens is 1. The van der Waals surface area contributed by atoms with Crippen LogP contribution in [0.2, 0.25) is 0 Å². The third-order valence-electron chi connectivity index (χ3n) is 4.34. The summed E-state index contributed by atoms with van der Waals surface area (Å²) in [7, 11) is 2.03. The lowest BCUT2D eigenvalue weighted by Crippen LogP contribution is -2.70. The van der Waals surface area contributed by atoms with Gasteiger partial charge in [-0.2, -0.15) is 0 Å². The average molecular weight is 253 g/mol. The molecule has 2 aliphatic heterocycles. The third kappa shape index (κ3) is 1.47. The first kappa shape index (κ1) is 12.1. The molecule has 1 aromatic rings. The van der Waals surface area contributed by atoms with Gasteiger partial charge >= 0.3 is 6.69 Å². The first-order chi connectivity index (χ1) is 8.61. The Balaban J connectivity index is 2.08. The molecular weight excluding hydrogens is 236 g/mol. The summed E-state index contributed by atoms with van der Waals surface area (Å²) in [4.78, 5) is 0. The Morgan fingerprint density at radius 3 is 3.06 bits per heavy atom. The number of quaternary nitrogens is 1. The summed E-state index contributed by atoms with van der Waals surface area (Å²) in [5.74, 6) is -0.250. The highest BCUT2D eigenvalue weighted by atomic mass is 19.1. The fourth-order valence-electron chi connectivity index (χ4n) is 3.28. The fraction of sp³-hybridized carbons (Fsp3) is 0.500. The Kier molecular flexibility index (Phi) is 2.71. The van der Waals surface area contributed by atoms with Crippen molar-refractivity contribution >= 4 is 12.1 Å². The van der Waals surface area contributed by atoms with Gasteiger partial charge in [-0.1, -0.05) is 11.5 Å². The van der Waals surface area contributed by atoms with Crippen LogP contribution in [0.5, 0.6) is 0 Å². The SMILES string of the molecule is C[N+]1(CCO)CCO[B-]12OCc1cc(F)ccc12. The van der Waals surface area contributed by atoms with Gasteiger partial charge in [0.25, 0.3) is 0 Å². The van der Waals surface area contributed by atoms with E-state index in [1.54, 1.807) is 6.07 Å². The molecule has 98 valence electrons. The van der Waals surface area contributed by atoms with Crippen molar-refractivity contribution in [3.8, 4) is 0 Å². The van der Waals surface area contributed by atoms with Crippen LogP contribution in [0, 0.1) is 5.82 Å². The molecule has 6 heteroatoms. The Morgan fingerprint density at radius 2 is 2.28 bits per heavy atom. The highest BCUT2D eigenvalue weighted by molar-refractivity contribution is 6.76. The molecule has 0 saturated carbocycles. The Hall–Kier alpha value is -0.945. The molecule has 1 aromatic carbocycles. The standard InChI is InChI=1S/C12H17BFNO3/c1-15(4-6-16)5-7-17-13(15)12-3-2-11(14)8-10(12)9-18-13/h2-3,8,16H,4-7,9H2,1H3. The van der Waals surface area contributed by atoms with E-state index in [0.29, 0.717) is 24.2 Å². The van der Waals surface area contributed by atoms with Crippen molar-refractivity contribution in [1.82, 2.24) is 0 Å². The Morgan fingerprint density at radius 1 is 1.44 bits per heavy atom. The molecule has 0 bridgehead atoms. The lowest BCUT2D eigenvalue weighted by atomic mass is 9.60. The molecule has 2 atom stereocenters. The van der Waals surface area contributed by atoms with Crippen LogP contribution in [0.3, 0.4) is 0 Å². The lowest BCUT2D eigenvalue weighted by Gasteiger charge is -2.48. The van der Waals surface area contributed by atoms with Gasteiger partial charge in [-0.05, 0) is 17.7 Å². The summed E-state index contributed by atoms with van der Waals surface area (Å²) >= 11 is 0. The van der Waals surface area contributed by atoms with Crippen molar-refractivity contribution in [1.29, 1.82) is 0 Å². The highest BCUT2D eigenvalue weighted by Gasteiger charge is 2.57. The second-order valence-electron chi connectivity index (χ2n) is 5.35. The van der Waals surface area contributed by atoms with Crippen LogP contribution in [0.25, 0.3) is 0 Å². The fourth-order valence-corrected chi connectivity index (χ4v) is 3.28. The van der Waals surface area contributed by atoms with Crippen molar-refractivity contribution in [2.24, 2.45) is 0 Å². The number of hydrogen-bond donors (Lipinski definition) is 1. The monoisotopic (exact) mass is 253 g/mol. The number of nitrogens with zero attached hydrogens (tertiary/aromatic N) is 1. The van der Waals surface area contributed by atoms with E-state index in [1.807, 2.05) is 7.05 Å². The number of likely N-dealkylation sites (N-methyl/N-ethyl adjacent to an activating group) is 1. The first-order valence-corrected chi connectivity index (χ1v) is 6.27. The number of benzene rings is 1. The maximum absolute atomic E-state index is 13.2. The van der Waals surface area contributed by atoms with E-state index in [1.165, 1.54) is 12.1 Å². The summed E-state index contributed by atoms with van der Waals surface area (Å²) in [5, 5.41) is 9.25. The van der Waals surface area contributed by atoms with Gasteiger partial charge in [0, 0.05) is 13.7 Å². The molecule has 4 nitrogen and oxygen atoms in total. The smallest absolute Gasteiger partial charge is 0.503 e. The van der Waals surface area contributed by atoms with E-state index in [2.05, 4.69) is 0 Å². The summed E-state index contributed by atoms with van der Waals surface area (Å²) < 4.78 is 25.6. The van der Waals surface area contributed by atoms with Crippen LogP contribution >= 0.6 is 0 Å². The largest absolute Gasteiger partial charge is 0.506 e. The van der Waals surface area contributed by atoms with E-state index in [4.69, 9.17) is 9.31 Å². The molecule has 0 radical (unpaired) electrons. The molecule has 0 aliphatic carbocycles. The van der Waals surface area contributed by atoms with Crippen molar-refractivity contribution in [3.05, 3.63) is 29.6 Å². The van der Waals surface area contributed by atoms with E-state index < -0.39 is 6.69 Å². The molecule has 18 heavy (non-hydrogen) atoms. The summed E-state index contributed by atoms with van der Waals surface area (Å²) in [6, 6.07) is 4.72. The van der Waals surface area contributed by atoms with Crippen molar-refractivity contribution in [3.63, 3.8) is 0 Å². The van der Waals surface area contributed by atoms with Crippen molar-refractivity contribution in [2.45, 2.75) is 6.61 Å². The van der Waals surface area contributed by atoms with Crippen molar-refractivity contribution < 1.29 is 23.2 Å². The number of hydrogen-bond acceptors (Lipinski definition) is 3. The normalized spacial score (nSPS) is 34.2. The van der Waals surface area contributed by atoms with E-state index in [-0.39, 0.29) is 12.4 Å². The number of rotatable bonds is 2. The van der Waals surface area contributed by atoms with Crippen LogP contribution in [0.1, 0.15) is 5.56 Å².